The van der Waals surface area contributed by atoms with Crippen molar-refractivity contribution in [2.45, 2.75) is 19.0 Å². The van der Waals surface area contributed by atoms with Crippen LogP contribution in [0.2, 0.25) is 5.02 Å². The zero-order chi connectivity index (χ0) is 30.2. The van der Waals surface area contributed by atoms with Crippen LogP contribution in [0.25, 0.3) is 0 Å². The minimum Gasteiger partial charge on any atom is -0.367 e. The number of urea groups is 1. The summed E-state index contributed by atoms with van der Waals surface area (Å²) in [6.45, 7) is 7.66. The highest BCUT2D eigenvalue weighted by Gasteiger charge is 2.41. The van der Waals surface area contributed by atoms with Crippen LogP contribution in [0.1, 0.15) is 12.0 Å². The van der Waals surface area contributed by atoms with Gasteiger partial charge in [0.05, 0.1) is 23.3 Å². The first-order valence-electron chi connectivity index (χ1n) is 14.0. The summed E-state index contributed by atoms with van der Waals surface area (Å²) in [6.07, 6.45) is 3.38. The Hall–Kier alpha value is -4.29. The number of aromatic nitrogens is 2. The Bertz CT molecular complexity index is 1580. The third-order valence-electron chi connectivity index (χ3n) is 8.11. The lowest BCUT2D eigenvalue weighted by atomic mass is 10.1. The van der Waals surface area contributed by atoms with Gasteiger partial charge in [-0.15, -0.1) is 0 Å². The first-order valence-corrected chi connectivity index (χ1v) is 14.4. The zero-order valence-electron chi connectivity index (χ0n) is 23.6. The molecule has 2 fully saturated rings. The molecular weight excluding hydrogens is 578 g/mol. The number of rotatable bonds is 6. The van der Waals surface area contributed by atoms with Crippen molar-refractivity contribution in [2.75, 3.05) is 66.3 Å². The Morgan fingerprint density at radius 1 is 1.09 bits per heavy atom. The van der Waals surface area contributed by atoms with E-state index in [0.717, 1.165) is 26.2 Å². The van der Waals surface area contributed by atoms with Gasteiger partial charge in [-0.25, -0.2) is 18.6 Å². The number of hydrogen-bond donors (Lipinski definition) is 1. The van der Waals surface area contributed by atoms with E-state index in [0.29, 0.717) is 48.0 Å². The number of anilines is 5. The molecular formula is C30H31ClF2N8O2. The minimum absolute atomic E-state index is 0.104. The van der Waals surface area contributed by atoms with Crippen molar-refractivity contribution >= 4 is 52.4 Å². The Morgan fingerprint density at radius 3 is 2.60 bits per heavy atom. The number of carbonyl (C=O) groups is 2. The molecule has 2 saturated heterocycles. The lowest BCUT2D eigenvalue weighted by molar-refractivity contribution is -0.125. The Morgan fingerprint density at radius 2 is 1.88 bits per heavy atom. The number of benzene rings is 2. The summed E-state index contributed by atoms with van der Waals surface area (Å²) in [5, 5.41) is 2.97. The highest BCUT2D eigenvalue weighted by Crippen LogP contribution is 2.36. The molecule has 3 amide bonds. The average Bonchev–Trinajstić information content (AvgIpc) is 3.48. The highest BCUT2D eigenvalue weighted by molar-refractivity contribution is 6.31. The van der Waals surface area contributed by atoms with Gasteiger partial charge < -0.3 is 20.0 Å². The molecule has 43 heavy (non-hydrogen) atoms. The second-order valence-electron chi connectivity index (χ2n) is 10.9. The average molecular weight is 609 g/mol. The summed E-state index contributed by atoms with van der Waals surface area (Å²) >= 11 is 6.04. The Balaban J connectivity index is 1.30. The molecule has 0 aliphatic carbocycles. The predicted molar refractivity (Wildman–Crippen MR) is 162 cm³/mol. The quantitative estimate of drug-likeness (QED) is 0.408. The minimum atomic E-state index is -0.589. The van der Waals surface area contributed by atoms with E-state index in [-0.39, 0.29) is 41.3 Å². The number of nitrogens with one attached hydrogen (secondary N) is 1. The van der Waals surface area contributed by atoms with Crippen LogP contribution in [-0.4, -0.2) is 84.1 Å². The summed E-state index contributed by atoms with van der Waals surface area (Å²) < 4.78 is 29.1. The number of carbonyl (C=O) groups excluding carboxylic acids is 2. The molecule has 0 spiro atoms. The van der Waals surface area contributed by atoms with Crippen LogP contribution in [0.5, 0.6) is 0 Å². The van der Waals surface area contributed by atoms with E-state index in [1.807, 2.05) is 11.9 Å². The van der Waals surface area contributed by atoms with Gasteiger partial charge in [-0.05, 0) is 55.9 Å². The first-order chi connectivity index (χ1) is 20.7. The molecule has 2 aromatic carbocycles. The maximum absolute atomic E-state index is 15.1. The molecule has 0 saturated carbocycles. The van der Waals surface area contributed by atoms with Crippen molar-refractivity contribution in [1.82, 2.24) is 19.8 Å². The first kappa shape index (κ1) is 28.8. The molecule has 1 aromatic heterocycles. The molecule has 1 atom stereocenters. The van der Waals surface area contributed by atoms with Gasteiger partial charge in [0.2, 0.25) is 11.9 Å². The number of fused-ring (bicyclic) bond motifs is 1. The van der Waals surface area contributed by atoms with Crippen LogP contribution < -0.4 is 20.0 Å². The molecule has 6 rings (SSSR count). The maximum Gasteiger partial charge on any atom is 0.330 e. The highest BCUT2D eigenvalue weighted by atomic mass is 35.5. The van der Waals surface area contributed by atoms with Crippen molar-refractivity contribution < 1.29 is 18.4 Å². The van der Waals surface area contributed by atoms with Gasteiger partial charge in [-0.1, -0.05) is 18.2 Å². The Kier molecular flexibility index (Phi) is 7.89. The zero-order valence-corrected chi connectivity index (χ0v) is 24.4. The molecule has 4 heterocycles. The van der Waals surface area contributed by atoms with Gasteiger partial charge in [-0.3, -0.25) is 14.6 Å². The van der Waals surface area contributed by atoms with Gasteiger partial charge >= 0.3 is 6.03 Å². The van der Waals surface area contributed by atoms with Crippen LogP contribution in [0.3, 0.4) is 0 Å². The number of likely N-dealkylation sites (tertiary alicyclic amines) is 1. The molecule has 10 nitrogen and oxygen atoms in total. The van der Waals surface area contributed by atoms with E-state index in [9.17, 15) is 14.0 Å². The molecule has 3 aliphatic rings. The second-order valence-corrected chi connectivity index (χ2v) is 11.3. The van der Waals surface area contributed by atoms with Gasteiger partial charge in [0.1, 0.15) is 17.5 Å². The predicted octanol–water partition coefficient (Wildman–Crippen LogP) is 4.64. The fourth-order valence-electron chi connectivity index (χ4n) is 5.72. The van der Waals surface area contributed by atoms with Crippen molar-refractivity contribution in [3.8, 4) is 0 Å². The number of likely N-dealkylation sites (N-methyl/N-ethyl adjacent to an activating group) is 1. The van der Waals surface area contributed by atoms with Gasteiger partial charge in [0.25, 0.3) is 0 Å². The van der Waals surface area contributed by atoms with E-state index in [1.165, 1.54) is 35.2 Å². The molecule has 3 aliphatic heterocycles. The van der Waals surface area contributed by atoms with Crippen molar-refractivity contribution in [3.05, 3.63) is 77.5 Å². The van der Waals surface area contributed by atoms with Crippen LogP contribution in [0, 0.1) is 11.6 Å². The van der Waals surface area contributed by atoms with Gasteiger partial charge in [-0.2, -0.15) is 4.98 Å². The normalized spacial score (nSPS) is 19.1. The molecule has 0 bridgehead atoms. The topological polar surface area (TPSA) is 88.1 Å². The smallest absolute Gasteiger partial charge is 0.330 e. The maximum atomic E-state index is 15.1. The number of hydrogen-bond acceptors (Lipinski definition) is 7. The monoisotopic (exact) mass is 608 g/mol. The molecule has 224 valence electrons. The van der Waals surface area contributed by atoms with E-state index in [1.54, 1.807) is 28.1 Å². The van der Waals surface area contributed by atoms with Crippen molar-refractivity contribution in [3.63, 3.8) is 0 Å². The van der Waals surface area contributed by atoms with Crippen molar-refractivity contribution in [1.29, 1.82) is 0 Å². The van der Waals surface area contributed by atoms with Crippen LogP contribution in [0.15, 0.2) is 55.3 Å². The van der Waals surface area contributed by atoms with Crippen LogP contribution in [0.4, 0.5) is 42.4 Å². The fourth-order valence-corrected chi connectivity index (χ4v) is 5.89. The second kappa shape index (κ2) is 11.8. The molecule has 13 heteroatoms. The van der Waals surface area contributed by atoms with Crippen LogP contribution >= 0.6 is 11.6 Å². The van der Waals surface area contributed by atoms with E-state index < -0.39 is 5.82 Å². The van der Waals surface area contributed by atoms with Gasteiger partial charge in [0, 0.05) is 62.4 Å². The molecule has 0 unspecified atom stereocenters. The summed E-state index contributed by atoms with van der Waals surface area (Å²) in [7, 11) is 2.05. The standard InChI is InChI=1S/C30H31ClF2N8O2/c1-3-27(42)39-9-8-22(18-39)41-28-19(17-40(30(41)43)21-5-6-24(32)23(31)15-21)16-34-29(36-28)35-20-4-7-26(25(33)14-20)38-12-10-37(2)11-13-38/h3-7,14-16,22H,1,8-13,17-18H2,2H3,(H,34,35,36)/t22-/m0/s1. The number of halogens is 3. The van der Waals surface area contributed by atoms with E-state index >= 15 is 4.39 Å². The van der Waals surface area contributed by atoms with E-state index in [2.05, 4.69) is 21.8 Å². The third kappa shape index (κ3) is 5.72. The SMILES string of the molecule is C=CC(=O)N1CC[C@H](N2C(=O)N(c3ccc(F)c(Cl)c3)Cc3cnc(Nc4ccc(N5CCN(C)CC5)c(F)c4)nc32)C1. The summed E-state index contributed by atoms with van der Waals surface area (Å²) in [4.78, 5) is 44.4. The van der Waals surface area contributed by atoms with Crippen LogP contribution in [-0.2, 0) is 11.3 Å². The molecule has 1 N–H and O–H groups in total. The molecule has 0 radical (unpaired) electrons. The third-order valence-corrected chi connectivity index (χ3v) is 8.40. The molecule has 3 aromatic rings. The summed E-state index contributed by atoms with van der Waals surface area (Å²) in [5.74, 6) is -0.580. The van der Waals surface area contributed by atoms with E-state index in [4.69, 9.17) is 16.6 Å². The number of piperazine rings is 1. The van der Waals surface area contributed by atoms with Gasteiger partial charge in [0.15, 0.2) is 0 Å². The summed E-state index contributed by atoms with van der Waals surface area (Å²) in [5.41, 5.74) is 2.08. The lowest BCUT2D eigenvalue weighted by Crippen LogP contribution is -2.53. The lowest BCUT2D eigenvalue weighted by Gasteiger charge is -2.39. The Labute approximate surface area is 253 Å². The number of amides is 3. The van der Waals surface area contributed by atoms with Crippen molar-refractivity contribution in [2.24, 2.45) is 0 Å². The number of nitrogens with zero attached hydrogens (tertiary/aromatic N) is 7. The fraction of sp³-hybridized carbons (Fsp3) is 0.333. The summed E-state index contributed by atoms with van der Waals surface area (Å²) in [6, 6.07) is 8.26. The largest absolute Gasteiger partial charge is 0.367 e.